The maximum atomic E-state index is 13.5. The third kappa shape index (κ3) is 8.03. The predicted octanol–water partition coefficient (Wildman–Crippen LogP) is 4.88. The molecule has 0 aliphatic carbocycles. The Bertz CT molecular complexity index is 1200. The van der Waals surface area contributed by atoms with E-state index in [1.807, 2.05) is 12.1 Å². The molecule has 4 rings (SSSR count). The Kier molecular flexibility index (Phi) is 10.3. The second kappa shape index (κ2) is 13.9. The highest BCUT2D eigenvalue weighted by Gasteiger charge is 2.32. The molecule has 41 heavy (non-hydrogen) atoms. The van der Waals surface area contributed by atoms with Crippen molar-refractivity contribution in [2.75, 3.05) is 53.9 Å². The first-order valence-electron chi connectivity index (χ1n) is 14.1. The number of ether oxygens (including phenoxy) is 1. The van der Waals surface area contributed by atoms with Gasteiger partial charge in [0.2, 0.25) is 5.91 Å². The van der Waals surface area contributed by atoms with Gasteiger partial charge in [-0.25, -0.2) is 18.0 Å². The fraction of sp³-hybridized carbons (Fsp3) is 0.484. The van der Waals surface area contributed by atoms with Crippen LogP contribution < -0.4 is 10.1 Å². The van der Waals surface area contributed by atoms with Crippen molar-refractivity contribution in [3.05, 3.63) is 71.1 Å². The maximum absolute atomic E-state index is 13.5. The van der Waals surface area contributed by atoms with Crippen LogP contribution in [0.4, 0.5) is 18.0 Å². The molecule has 2 saturated heterocycles. The number of piperidine rings is 2. The largest absolute Gasteiger partial charge is 0.497 e. The Morgan fingerprint density at radius 3 is 2.17 bits per heavy atom. The van der Waals surface area contributed by atoms with E-state index >= 15 is 0 Å². The Morgan fingerprint density at radius 1 is 1.00 bits per heavy atom. The Hall–Kier alpha value is -3.53. The van der Waals surface area contributed by atoms with E-state index in [1.54, 1.807) is 26.1 Å². The SMILES string of the molecule is COc1ccc(C2CCN(CC(NC(=O)N(C)C)C3CCN(C(=O)/C=C/c4cc(F)c(F)c(F)c4)CC3)CC2)cc1. The molecule has 2 aromatic carbocycles. The molecule has 1 N–H and O–H groups in total. The number of rotatable bonds is 8. The van der Waals surface area contributed by atoms with Crippen LogP contribution in [0.25, 0.3) is 6.08 Å². The van der Waals surface area contributed by atoms with Crippen molar-refractivity contribution in [3.8, 4) is 5.75 Å². The molecule has 2 aliphatic rings. The van der Waals surface area contributed by atoms with Gasteiger partial charge in [0.15, 0.2) is 17.5 Å². The number of hydrogen-bond acceptors (Lipinski definition) is 4. The molecule has 2 fully saturated rings. The molecule has 1 unspecified atom stereocenters. The molecule has 1 atom stereocenters. The minimum absolute atomic E-state index is 0.0552. The van der Waals surface area contributed by atoms with Crippen LogP contribution in [0.5, 0.6) is 5.75 Å². The number of methoxy groups -OCH3 is 1. The van der Waals surface area contributed by atoms with Crippen molar-refractivity contribution in [2.24, 2.45) is 5.92 Å². The van der Waals surface area contributed by atoms with Gasteiger partial charge in [-0.05, 0) is 92.1 Å². The van der Waals surface area contributed by atoms with Crippen LogP contribution in [-0.4, -0.2) is 86.6 Å². The lowest BCUT2D eigenvalue weighted by atomic mass is 9.86. The molecule has 10 heteroatoms. The van der Waals surface area contributed by atoms with Crippen molar-refractivity contribution < 1.29 is 27.5 Å². The van der Waals surface area contributed by atoms with Gasteiger partial charge >= 0.3 is 6.03 Å². The standard InChI is InChI=1S/C31H39F3N4O3/c1-36(2)31(40)35-28(20-37-14-10-23(11-15-37)22-5-7-25(41-3)8-6-22)24-12-16-38(17-13-24)29(39)9-4-21-18-26(32)30(34)27(33)19-21/h4-9,18-19,23-24,28H,10-17,20H2,1-3H3,(H,35,40)/b9-4+. The summed E-state index contributed by atoms with van der Waals surface area (Å²) in [6, 6.07) is 9.80. The van der Waals surface area contributed by atoms with E-state index in [2.05, 4.69) is 22.3 Å². The van der Waals surface area contributed by atoms with Gasteiger partial charge in [0, 0.05) is 45.8 Å². The zero-order valence-corrected chi connectivity index (χ0v) is 23.9. The zero-order valence-electron chi connectivity index (χ0n) is 23.9. The van der Waals surface area contributed by atoms with Crippen LogP contribution in [-0.2, 0) is 4.79 Å². The summed E-state index contributed by atoms with van der Waals surface area (Å²) in [5, 5.41) is 3.21. The van der Waals surface area contributed by atoms with Gasteiger partial charge in [-0.1, -0.05) is 12.1 Å². The molecule has 2 aromatic rings. The normalized spacial score (nSPS) is 18.0. The zero-order chi connectivity index (χ0) is 29.5. The molecule has 0 radical (unpaired) electrons. The van der Waals surface area contributed by atoms with E-state index < -0.39 is 17.5 Å². The number of urea groups is 1. The lowest BCUT2D eigenvalue weighted by Gasteiger charge is -2.40. The smallest absolute Gasteiger partial charge is 0.317 e. The fourth-order valence-electron chi connectivity index (χ4n) is 5.67. The topological polar surface area (TPSA) is 65.1 Å². The quantitative estimate of drug-likeness (QED) is 0.362. The van der Waals surface area contributed by atoms with E-state index in [0.29, 0.717) is 19.0 Å². The average Bonchev–Trinajstić information content (AvgIpc) is 2.98. The summed E-state index contributed by atoms with van der Waals surface area (Å²) in [4.78, 5) is 31.0. The highest BCUT2D eigenvalue weighted by molar-refractivity contribution is 5.91. The molecule has 0 bridgehead atoms. The van der Waals surface area contributed by atoms with Gasteiger partial charge in [-0.15, -0.1) is 0 Å². The van der Waals surface area contributed by atoms with Gasteiger partial charge in [0.05, 0.1) is 7.11 Å². The minimum atomic E-state index is -1.53. The molecule has 3 amide bonds. The molecular formula is C31H39F3N4O3. The third-order valence-electron chi connectivity index (χ3n) is 8.19. The summed E-state index contributed by atoms with van der Waals surface area (Å²) in [6.45, 7) is 3.65. The van der Waals surface area contributed by atoms with Crippen molar-refractivity contribution in [3.63, 3.8) is 0 Å². The molecule has 7 nitrogen and oxygen atoms in total. The summed E-state index contributed by atoms with van der Waals surface area (Å²) in [7, 11) is 5.11. The van der Waals surface area contributed by atoms with Gasteiger partial charge < -0.3 is 24.8 Å². The van der Waals surface area contributed by atoms with Crippen LogP contribution in [0.3, 0.4) is 0 Å². The summed E-state index contributed by atoms with van der Waals surface area (Å²) in [5.74, 6) is -2.85. The molecule has 2 heterocycles. The summed E-state index contributed by atoms with van der Waals surface area (Å²) < 4.78 is 45.4. The second-order valence-corrected chi connectivity index (χ2v) is 11.1. The number of benzene rings is 2. The number of hydrogen-bond donors (Lipinski definition) is 1. The molecular weight excluding hydrogens is 533 g/mol. The second-order valence-electron chi connectivity index (χ2n) is 11.1. The lowest BCUT2D eigenvalue weighted by molar-refractivity contribution is -0.127. The average molecular weight is 573 g/mol. The van der Waals surface area contributed by atoms with Crippen LogP contribution in [0.2, 0.25) is 0 Å². The van der Waals surface area contributed by atoms with Gasteiger partial charge in [0.1, 0.15) is 5.75 Å². The van der Waals surface area contributed by atoms with E-state index in [0.717, 1.165) is 63.2 Å². The molecule has 0 saturated carbocycles. The fourth-order valence-corrected chi connectivity index (χ4v) is 5.67. The number of halogens is 3. The Labute approximate surface area is 239 Å². The Balaban J connectivity index is 1.32. The minimum Gasteiger partial charge on any atom is -0.497 e. The Morgan fingerprint density at radius 2 is 1.61 bits per heavy atom. The first-order valence-corrected chi connectivity index (χ1v) is 14.1. The molecule has 222 valence electrons. The maximum Gasteiger partial charge on any atom is 0.317 e. The van der Waals surface area contributed by atoms with Gasteiger partial charge in [0.25, 0.3) is 0 Å². The first kappa shape index (κ1) is 30.4. The highest BCUT2D eigenvalue weighted by Crippen LogP contribution is 2.30. The number of nitrogens with zero attached hydrogens (tertiary/aromatic N) is 3. The van der Waals surface area contributed by atoms with Crippen LogP contribution in [0.1, 0.15) is 42.7 Å². The highest BCUT2D eigenvalue weighted by atomic mass is 19.2. The van der Waals surface area contributed by atoms with E-state index in [1.165, 1.54) is 22.6 Å². The van der Waals surface area contributed by atoms with Crippen molar-refractivity contribution in [1.29, 1.82) is 0 Å². The van der Waals surface area contributed by atoms with Crippen LogP contribution in [0, 0.1) is 23.4 Å². The lowest BCUT2D eigenvalue weighted by Crippen LogP contribution is -2.54. The van der Waals surface area contributed by atoms with E-state index in [-0.39, 0.29) is 29.5 Å². The third-order valence-corrected chi connectivity index (χ3v) is 8.19. The monoisotopic (exact) mass is 572 g/mol. The molecule has 0 aromatic heterocycles. The van der Waals surface area contributed by atoms with Crippen LogP contribution in [0.15, 0.2) is 42.5 Å². The van der Waals surface area contributed by atoms with Gasteiger partial charge in [-0.2, -0.15) is 0 Å². The molecule has 2 aliphatic heterocycles. The van der Waals surface area contributed by atoms with Crippen molar-refractivity contribution in [2.45, 2.75) is 37.6 Å². The number of carbonyl (C=O) groups is 2. The van der Waals surface area contributed by atoms with Crippen molar-refractivity contribution in [1.82, 2.24) is 20.0 Å². The summed E-state index contributed by atoms with van der Waals surface area (Å²) >= 11 is 0. The first-order chi connectivity index (χ1) is 19.6. The van der Waals surface area contributed by atoms with Gasteiger partial charge in [-0.3, -0.25) is 4.79 Å². The van der Waals surface area contributed by atoms with Crippen LogP contribution >= 0.6 is 0 Å². The van der Waals surface area contributed by atoms with E-state index in [9.17, 15) is 22.8 Å². The number of likely N-dealkylation sites (tertiary alicyclic amines) is 2. The number of nitrogens with one attached hydrogen (secondary N) is 1. The summed E-state index contributed by atoms with van der Waals surface area (Å²) in [5.41, 5.74) is 1.40. The number of carbonyl (C=O) groups excluding carboxylic acids is 2. The predicted molar refractivity (Wildman–Crippen MR) is 152 cm³/mol. The van der Waals surface area contributed by atoms with Crippen molar-refractivity contribution >= 4 is 18.0 Å². The molecule has 0 spiro atoms. The number of amides is 3. The summed E-state index contributed by atoms with van der Waals surface area (Å²) in [6.07, 6.45) is 6.07. The van der Waals surface area contributed by atoms with E-state index in [4.69, 9.17) is 4.74 Å².